The van der Waals surface area contributed by atoms with Gasteiger partial charge in [0.05, 0.1) is 6.42 Å². The lowest BCUT2D eigenvalue weighted by atomic mass is 10.0. The minimum atomic E-state index is -0.825. The fourth-order valence-electron chi connectivity index (χ4n) is 8.74. The summed E-state index contributed by atoms with van der Waals surface area (Å²) in [6, 6.07) is 0. The molecule has 0 saturated carbocycles. The fourth-order valence-corrected chi connectivity index (χ4v) is 8.74. The normalized spacial score (nSPS) is 12.9. The van der Waals surface area contributed by atoms with Gasteiger partial charge in [-0.05, 0) is 109 Å². The SMILES string of the molecule is CC/C=C\C/C=C\C/C=C\C/C=C\C/C=C\CC(=O)OCC(COC(=O)CCCCCCCCCCCC/C=C\C/C=C\C/C=C\C/C=C\CC)OC(=O)CCCCCCCCCCC/C=C\CCCCCCCCCC. The van der Waals surface area contributed by atoms with Crippen LogP contribution in [0.4, 0.5) is 0 Å². The van der Waals surface area contributed by atoms with Crippen LogP contribution >= 0.6 is 0 Å². The zero-order valence-electron chi connectivity index (χ0n) is 50.2. The summed E-state index contributed by atoms with van der Waals surface area (Å²) in [5.74, 6) is -1.05. The van der Waals surface area contributed by atoms with E-state index in [9.17, 15) is 14.4 Å². The lowest BCUT2D eigenvalue weighted by Gasteiger charge is -2.18. The number of ether oxygens (including phenoxy) is 3. The Bertz CT molecular complexity index is 1600. The number of rotatable bonds is 57. The molecular weight excluding hydrogens is 949 g/mol. The van der Waals surface area contributed by atoms with Crippen molar-refractivity contribution in [3.05, 3.63) is 122 Å². The molecule has 0 aromatic heterocycles. The zero-order valence-corrected chi connectivity index (χ0v) is 50.2. The van der Waals surface area contributed by atoms with Crippen LogP contribution in [0.3, 0.4) is 0 Å². The topological polar surface area (TPSA) is 78.9 Å². The molecule has 77 heavy (non-hydrogen) atoms. The van der Waals surface area contributed by atoms with Gasteiger partial charge in [-0.2, -0.15) is 0 Å². The molecule has 0 aromatic rings. The standard InChI is InChI=1S/C71H118O6/c1-4-7-10-13-16-19-22-25-28-30-32-34-35-37-38-40-43-46-49-52-55-58-61-64-70(73)76-67-68(66-75-69(72)63-60-57-54-51-48-45-42-27-24-21-18-15-12-9-6-3)77-71(74)65-62-59-56-53-50-47-44-41-39-36-33-31-29-26-23-20-17-14-11-8-5-2/h7,9-10,12,16,18-19,21,25,27-28,31-34,42,48,51,57,60,68H,4-6,8,11,13-15,17,20,22-24,26,29-30,35-41,43-47,49-50,52-56,58-59,61-67H2,1-3H3/b10-7-,12-9-,19-16-,21-18-,28-25-,33-31-,34-32-,42-27-,51-48-,60-57-. The maximum Gasteiger partial charge on any atom is 0.309 e. The van der Waals surface area contributed by atoms with Gasteiger partial charge in [0.1, 0.15) is 13.2 Å². The van der Waals surface area contributed by atoms with E-state index in [1.807, 2.05) is 6.08 Å². The van der Waals surface area contributed by atoms with E-state index in [-0.39, 0.29) is 31.6 Å². The van der Waals surface area contributed by atoms with Crippen molar-refractivity contribution in [2.75, 3.05) is 13.2 Å². The van der Waals surface area contributed by atoms with Gasteiger partial charge >= 0.3 is 17.9 Å². The Morgan fingerprint density at radius 1 is 0.286 bits per heavy atom. The maximum atomic E-state index is 12.9. The molecule has 0 N–H and O–H groups in total. The average Bonchev–Trinajstić information content (AvgIpc) is 3.43. The van der Waals surface area contributed by atoms with Crippen LogP contribution in [0.2, 0.25) is 0 Å². The van der Waals surface area contributed by atoms with Crippen LogP contribution in [0.25, 0.3) is 0 Å². The molecule has 1 atom stereocenters. The minimum Gasteiger partial charge on any atom is -0.462 e. The van der Waals surface area contributed by atoms with Crippen LogP contribution in [0.15, 0.2) is 122 Å². The Labute approximate surface area is 475 Å². The highest BCUT2D eigenvalue weighted by Crippen LogP contribution is 2.16. The Hall–Kier alpha value is -4.19. The molecule has 6 heteroatoms. The molecule has 6 nitrogen and oxygen atoms in total. The first-order valence-corrected chi connectivity index (χ1v) is 32.0. The third-order valence-corrected chi connectivity index (χ3v) is 13.5. The van der Waals surface area contributed by atoms with E-state index >= 15 is 0 Å². The van der Waals surface area contributed by atoms with E-state index in [4.69, 9.17) is 14.2 Å². The second-order valence-electron chi connectivity index (χ2n) is 20.9. The van der Waals surface area contributed by atoms with Gasteiger partial charge in [0.2, 0.25) is 0 Å². The summed E-state index contributed by atoms with van der Waals surface area (Å²) >= 11 is 0. The zero-order chi connectivity index (χ0) is 55.7. The molecule has 0 spiro atoms. The van der Waals surface area contributed by atoms with Gasteiger partial charge in [0, 0.05) is 12.8 Å². The lowest BCUT2D eigenvalue weighted by molar-refractivity contribution is -0.166. The van der Waals surface area contributed by atoms with Gasteiger partial charge < -0.3 is 14.2 Å². The number of unbranched alkanes of at least 4 members (excludes halogenated alkanes) is 27. The number of carbonyl (C=O) groups is 3. The van der Waals surface area contributed by atoms with E-state index in [1.54, 1.807) is 6.08 Å². The van der Waals surface area contributed by atoms with E-state index in [0.717, 1.165) is 96.3 Å². The number of esters is 3. The third kappa shape index (κ3) is 62.5. The van der Waals surface area contributed by atoms with Crippen molar-refractivity contribution < 1.29 is 28.6 Å². The van der Waals surface area contributed by atoms with Crippen LogP contribution in [0, 0.1) is 0 Å². The number of carbonyl (C=O) groups excluding carboxylic acids is 3. The van der Waals surface area contributed by atoms with E-state index in [2.05, 4.69) is 130 Å². The van der Waals surface area contributed by atoms with Crippen molar-refractivity contribution >= 4 is 17.9 Å². The first kappa shape index (κ1) is 72.8. The Kier molecular flexibility index (Phi) is 60.8. The molecule has 0 bridgehead atoms. The minimum absolute atomic E-state index is 0.113. The Morgan fingerprint density at radius 3 is 0.922 bits per heavy atom. The van der Waals surface area contributed by atoms with E-state index in [1.165, 1.54) is 154 Å². The summed E-state index contributed by atoms with van der Waals surface area (Å²) in [5, 5.41) is 0. The molecular formula is C71H118O6. The molecule has 0 rings (SSSR count). The van der Waals surface area contributed by atoms with Crippen molar-refractivity contribution in [2.45, 2.75) is 297 Å². The van der Waals surface area contributed by atoms with Gasteiger partial charge in [0.15, 0.2) is 6.10 Å². The molecule has 438 valence electrons. The summed E-state index contributed by atoms with van der Waals surface area (Å²) < 4.78 is 16.8. The summed E-state index contributed by atoms with van der Waals surface area (Å²) in [7, 11) is 0. The molecule has 0 aromatic carbocycles. The molecule has 0 fully saturated rings. The summed E-state index contributed by atoms with van der Waals surface area (Å²) in [5.41, 5.74) is 0. The highest BCUT2D eigenvalue weighted by molar-refractivity contribution is 5.72. The van der Waals surface area contributed by atoms with Crippen LogP contribution in [0.5, 0.6) is 0 Å². The fraction of sp³-hybridized carbons (Fsp3) is 0.676. The molecule has 1 unspecified atom stereocenters. The van der Waals surface area contributed by atoms with Gasteiger partial charge in [-0.15, -0.1) is 0 Å². The molecule has 0 aliphatic carbocycles. The first-order valence-electron chi connectivity index (χ1n) is 32.0. The molecule has 0 aliphatic heterocycles. The highest BCUT2D eigenvalue weighted by atomic mass is 16.6. The predicted molar refractivity (Wildman–Crippen MR) is 334 cm³/mol. The molecule has 0 saturated heterocycles. The van der Waals surface area contributed by atoms with Gasteiger partial charge in [-0.1, -0.05) is 284 Å². The molecule has 0 heterocycles. The summed E-state index contributed by atoms with van der Waals surface area (Å²) in [4.78, 5) is 38.3. The van der Waals surface area contributed by atoms with Crippen LogP contribution < -0.4 is 0 Å². The summed E-state index contributed by atoms with van der Waals surface area (Å²) in [6.07, 6.45) is 89.4. The molecule has 0 amide bonds. The van der Waals surface area contributed by atoms with Gasteiger partial charge in [0.25, 0.3) is 0 Å². The lowest BCUT2D eigenvalue weighted by Crippen LogP contribution is -2.30. The van der Waals surface area contributed by atoms with Gasteiger partial charge in [-0.25, -0.2) is 0 Å². The average molecular weight is 1070 g/mol. The number of hydrogen-bond donors (Lipinski definition) is 0. The highest BCUT2D eigenvalue weighted by Gasteiger charge is 2.19. The van der Waals surface area contributed by atoms with Gasteiger partial charge in [-0.3, -0.25) is 14.4 Å². The first-order chi connectivity index (χ1) is 38.0. The Morgan fingerprint density at radius 2 is 0.558 bits per heavy atom. The Balaban J connectivity index is 4.44. The summed E-state index contributed by atoms with van der Waals surface area (Å²) in [6.45, 7) is 6.34. The quantitative estimate of drug-likeness (QED) is 0.0261. The largest absolute Gasteiger partial charge is 0.462 e. The molecule has 0 radical (unpaired) electrons. The van der Waals surface area contributed by atoms with Crippen molar-refractivity contribution in [2.24, 2.45) is 0 Å². The predicted octanol–water partition coefficient (Wildman–Crippen LogP) is 22.0. The number of hydrogen-bond acceptors (Lipinski definition) is 6. The van der Waals surface area contributed by atoms with Crippen LogP contribution in [-0.2, 0) is 28.6 Å². The van der Waals surface area contributed by atoms with E-state index in [0.29, 0.717) is 12.8 Å². The second-order valence-corrected chi connectivity index (χ2v) is 20.9. The van der Waals surface area contributed by atoms with Crippen molar-refractivity contribution in [3.63, 3.8) is 0 Å². The van der Waals surface area contributed by atoms with Crippen molar-refractivity contribution in [1.82, 2.24) is 0 Å². The molecule has 0 aliphatic rings. The monoisotopic (exact) mass is 1070 g/mol. The third-order valence-electron chi connectivity index (χ3n) is 13.5. The van der Waals surface area contributed by atoms with Crippen molar-refractivity contribution in [3.8, 4) is 0 Å². The van der Waals surface area contributed by atoms with Crippen molar-refractivity contribution in [1.29, 1.82) is 0 Å². The number of allylic oxidation sites excluding steroid dienone is 19. The van der Waals surface area contributed by atoms with Crippen LogP contribution in [-0.4, -0.2) is 37.2 Å². The van der Waals surface area contributed by atoms with E-state index < -0.39 is 12.1 Å². The van der Waals surface area contributed by atoms with Crippen LogP contribution in [0.1, 0.15) is 290 Å². The maximum absolute atomic E-state index is 12.9. The smallest absolute Gasteiger partial charge is 0.309 e. The second kappa shape index (κ2) is 64.3.